The summed E-state index contributed by atoms with van der Waals surface area (Å²) in [6.45, 7) is 0.263. The van der Waals surface area contributed by atoms with Crippen molar-refractivity contribution in [1.82, 2.24) is 9.97 Å². The first-order valence-electron chi connectivity index (χ1n) is 5.89. The second-order valence-corrected chi connectivity index (χ2v) is 5.99. The lowest BCUT2D eigenvalue weighted by Gasteiger charge is -2.08. The molecule has 1 aromatic carbocycles. The second kappa shape index (κ2) is 5.63. The smallest absolute Gasteiger partial charge is 0.268 e. The van der Waals surface area contributed by atoms with E-state index >= 15 is 0 Å². The first-order chi connectivity index (χ1) is 10.0. The summed E-state index contributed by atoms with van der Waals surface area (Å²) in [6.07, 6.45) is 0. The van der Waals surface area contributed by atoms with Crippen LogP contribution in [0.1, 0.15) is 5.82 Å². The summed E-state index contributed by atoms with van der Waals surface area (Å²) in [4.78, 5) is 18.8. The minimum Gasteiger partial charge on any atom is -0.378 e. The van der Waals surface area contributed by atoms with E-state index in [0.29, 0.717) is 21.7 Å². The highest BCUT2D eigenvalue weighted by Gasteiger charge is 2.08. The molecule has 0 amide bonds. The number of nitrogens with zero attached hydrogens (tertiary/aromatic N) is 1. The molecule has 0 radical (unpaired) electrons. The maximum absolute atomic E-state index is 13.3. The van der Waals surface area contributed by atoms with E-state index in [1.807, 2.05) is 5.38 Å². The maximum atomic E-state index is 13.3. The molecule has 0 aliphatic carbocycles. The Morgan fingerprint density at radius 1 is 1.33 bits per heavy atom. The Balaban J connectivity index is 1.85. The number of halogens is 3. The van der Waals surface area contributed by atoms with Crippen molar-refractivity contribution in [1.29, 1.82) is 0 Å². The lowest BCUT2D eigenvalue weighted by Crippen LogP contribution is -2.13. The van der Waals surface area contributed by atoms with Gasteiger partial charge in [-0.2, -0.15) is 0 Å². The third-order valence-corrected chi connectivity index (χ3v) is 4.26. The average molecular weight is 344 g/mol. The van der Waals surface area contributed by atoms with E-state index in [-0.39, 0.29) is 22.1 Å². The van der Waals surface area contributed by atoms with Crippen molar-refractivity contribution in [3.05, 3.63) is 55.6 Å². The van der Waals surface area contributed by atoms with E-state index in [1.54, 1.807) is 6.07 Å². The number of H-pyrrole nitrogens is 1. The molecule has 4 nitrogen and oxygen atoms in total. The molecule has 0 saturated carbocycles. The normalized spacial score (nSPS) is 11.0. The third kappa shape index (κ3) is 2.88. The van der Waals surface area contributed by atoms with Gasteiger partial charge in [0.25, 0.3) is 5.56 Å². The SMILES string of the molecule is O=c1[nH]c(CNc2cc(Cl)c(F)c(Cl)c2)nc2ccsc12. The van der Waals surface area contributed by atoms with Gasteiger partial charge in [0.05, 0.1) is 22.1 Å². The third-order valence-electron chi connectivity index (χ3n) is 2.81. The van der Waals surface area contributed by atoms with Crippen LogP contribution in [-0.4, -0.2) is 9.97 Å². The molecule has 0 saturated heterocycles. The Hall–Kier alpha value is -1.63. The number of thiophene rings is 1. The van der Waals surface area contributed by atoms with Gasteiger partial charge in [-0.05, 0) is 23.6 Å². The summed E-state index contributed by atoms with van der Waals surface area (Å²) in [6, 6.07) is 4.62. The second-order valence-electron chi connectivity index (χ2n) is 4.26. The van der Waals surface area contributed by atoms with Crippen LogP contribution in [0.2, 0.25) is 10.0 Å². The van der Waals surface area contributed by atoms with Crippen LogP contribution in [0.4, 0.5) is 10.1 Å². The van der Waals surface area contributed by atoms with Crippen LogP contribution in [-0.2, 0) is 6.54 Å². The fraction of sp³-hybridized carbons (Fsp3) is 0.0769. The Morgan fingerprint density at radius 2 is 2.05 bits per heavy atom. The minimum absolute atomic E-state index is 0.0697. The maximum Gasteiger partial charge on any atom is 0.268 e. The summed E-state index contributed by atoms with van der Waals surface area (Å²) >= 11 is 12.8. The van der Waals surface area contributed by atoms with Crippen molar-refractivity contribution in [2.24, 2.45) is 0 Å². The quantitative estimate of drug-likeness (QED) is 0.705. The molecule has 108 valence electrons. The zero-order valence-electron chi connectivity index (χ0n) is 10.4. The molecule has 0 atom stereocenters. The summed E-state index contributed by atoms with van der Waals surface area (Å²) in [5.74, 6) is -0.183. The van der Waals surface area contributed by atoms with Gasteiger partial charge in [-0.1, -0.05) is 23.2 Å². The number of hydrogen-bond acceptors (Lipinski definition) is 4. The summed E-state index contributed by atoms with van der Waals surface area (Å²) < 4.78 is 13.9. The van der Waals surface area contributed by atoms with E-state index in [1.165, 1.54) is 23.5 Å². The van der Waals surface area contributed by atoms with Crippen molar-refractivity contribution in [2.75, 3.05) is 5.32 Å². The number of hydrogen-bond donors (Lipinski definition) is 2. The predicted octanol–water partition coefficient (Wildman–Crippen LogP) is 4.04. The zero-order chi connectivity index (χ0) is 15.0. The van der Waals surface area contributed by atoms with Gasteiger partial charge in [0.1, 0.15) is 10.5 Å². The fourth-order valence-electron chi connectivity index (χ4n) is 1.85. The first-order valence-corrected chi connectivity index (χ1v) is 7.53. The lowest BCUT2D eigenvalue weighted by molar-refractivity contribution is 0.629. The molecular weight excluding hydrogens is 336 g/mol. The van der Waals surface area contributed by atoms with Gasteiger partial charge < -0.3 is 10.3 Å². The van der Waals surface area contributed by atoms with Crippen LogP contribution >= 0.6 is 34.5 Å². The number of nitrogens with one attached hydrogen (secondary N) is 2. The highest BCUT2D eigenvalue weighted by atomic mass is 35.5. The molecular formula is C13H8Cl2FN3OS. The van der Waals surface area contributed by atoms with Crippen molar-refractivity contribution in [3.8, 4) is 0 Å². The summed E-state index contributed by atoms with van der Waals surface area (Å²) in [5.41, 5.74) is 1.01. The number of fused-ring (bicyclic) bond motifs is 1. The zero-order valence-corrected chi connectivity index (χ0v) is 12.7. The molecule has 0 spiro atoms. The molecule has 3 aromatic rings. The van der Waals surface area contributed by atoms with Gasteiger partial charge in [-0.3, -0.25) is 4.79 Å². The molecule has 3 rings (SSSR count). The Kier molecular flexibility index (Phi) is 3.84. The Bertz CT molecular complexity index is 854. The van der Waals surface area contributed by atoms with Gasteiger partial charge in [-0.15, -0.1) is 11.3 Å². The van der Waals surface area contributed by atoms with E-state index < -0.39 is 5.82 Å². The van der Waals surface area contributed by atoms with Crippen LogP contribution in [0.25, 0.3) is 10.2 Å². The molecule has 0 aliphatic heterocycles. The molecule has 2 N–H and O–H groups in total. The van der Waals surface area contributed by atoms with Crippen LogP contribution in [0.3, 0.4) is 0 Å². The number of aromatic amines is 1. The number of aromatic nitrogens is 2. The molecule has 2 heterocycles. The molecule has 0 fully saturated rings. The lowest BCUT2D eigenvalue weighted by atomic mass is 10.3. The number of anilines is 1. The molecule has 21 heavy (non-hydrogen) atoms. The van der Waals surface area contributed by atoms with Gasteiger partial charge in [0, 0.05) is 5.69 Å². The predicted molar refractivity (Wildman–Crippen MR) is 84.0 cm³/mol. The van der Waals surface area contributed by atoms with Gasteiger partial charge in [0.2, 0.25) is 0 Å². The van der Waals surface area contributed by atoms with Crippen molar-refractivity contribution in [3.63, 3.8) is 0 Å². The van der Waals surface area contributed by atoms with Crippen molar-refractivity contribution < 1.29 is 4.39 Å². The van der Waals surface area contributed by atoms with Crippen LogP contribution in [0.5, 0.6) is 0 Å². The largest absolute Gasteiger partial charge is 0.378 e. The Morgan fingerprint density at radius 3 is 2.76 bits per heavy atom. The molecule has 0 aliphatic rings. The highest BCUT2D eigenvalue weighted by molar-refractivity contribution is 7.17. The van der Waals surface area contributed by atoms with E-state index in [0.717, 1.165) is 0 Å². The molecule has 0 bridgehead atoms. The topological polar surface area (TPSA) is 57.8 Å². The van der Waals surface area contributed by atoms with Crippen LogP contribution in [0.15, 0.2) is 28.4 Å². The standard InChI is InChI=1S/C13H8Cl2FN3OS/c14-7-3-6(4-8(15)11(7)16)17-5-10-18-9-1-2-21-12(9)13(20)19-10/h1-4,17H,5H2,(H,18,19,20). The van der Waals surface area contributed by atoms with Gasteiger partial charge >= 0.3 is 0 Å². The van der Waals surface area contributed by atoms with E-state index in [2.05, 4.69) is 15.3 Å². The summed E-state index contributed by atoms with van der Waals surface area (Å²) in [7, 11) is 0. The highest BCUT2D eigenvalue weighted by Crippen LogP contribution is 2.27. The van der Waals surface area contributed by atoms with Crippen LogP contribution < -0.4 is 10.9 Å². The van der Waals surface area contributed by atoms with E-state index in [4.69, 9.17) is 23.2 Å². The van der Waals surface area contributed by atoms with E-state index in [9.17, 15) is 9.18 Å². The van der Waals surface area contributed by atoms with Gasteiger partial charge in [-0.25, -0.2) is 9.37 Å². The Labute approximate surface area is 132 Å². The molecule has 0 unspecified atom stereocenters. The van der Waals surface area contributed by atoms with Crippen molar-refractivity contribution >= 4 is 50.4 Å². The number of rotatable bonds is 3. The number of benzene rings is 1. The molecule has 8 heteroatoms. The van der Waals surface area contributed by atoms with Gasteiger partial charge in [0.15, 0.2) is 5.82 Å². The summed E-state index contributed by atoms with van der Waals surface area (Å²) in [5, 5.41) is 4.66. The van der Waals surface area contributed by atoms with Crippen LogP contribution in [0, 0.1) is 5.82 Å². The monoisotopic (exact) mass is 343 g/mol. The fourth-order valence-corrected chi connectivity index (χ4v) is 3.06. The van der Waals surface area contributed by atoms with Crippen molar-refractivity contribution in [2.45, 2.75) is 6.54 Å². The molecule has 2 aromatic heterocycles. The average Bonchev–Trinajstić information content (AvgIpc) is 2.91. The first kappa shape index (κ1) is 14.3. The minimum atomic E-state index is -0.657.